The van der Waals surface area contributed by atoms with Gasteiger partial charge in [-0.05, 0) is 62.2 Å². The lowest BCUT2D eigenvalue weighted by atomic mass is 9.95. The fourth-order valence-electron chi connectivity index (χ4n) is 4.21. The Kier molecular flexibility index (Phi) is 8.46. The van der Waals surface area contributed by atoms with Gasteiger partial charge in [-0.2, -0.15) is 0 Å². The summed E-state index contributed by atoms with van der Waals surface area (Å²) in [5.74, 6) is -0.617. The number of aromatic carboxylic acids is 1. The summed E-state index contributed by atoms with van der Waals surface area (Å²) in [5, 5.41) is 9.17. The van der Waals surface area contributed by atoms with Crippen molar-refractivity contribution < 1.29 is 28.9 Å². The van der Waals surface area contributed by atoms with Crippen molar-refractivity contribution in [3.05, 3.63) is 103 Å². The van der Waals surface area contributed by atoms with Gasteiger partial charge in [0.25, 0.3) is 5.56 Å². The van der Waals surface area contributed by atoms with Gasteiger partial charge in [-0.15, -0.1) is 0 Å². The standard InChI is InChI=1S/C29H28N2O7S/c1-5-14-38-21-13-12-20(16-22(21)36-6-2)25-24(28(35)37-7-3)17(4)30-29-31(25)26(32)23(39-29)15-18-8-10-19(11-9-18)27(33)34/h5,8-13,15-16,25H,1,6-7,14H2,2-4H3,(H,33,34)/b23-15+/t25-/m1/s1. The molecule has 202 valence electrons. The Labute approximate surface area is 228 Å². The van der Waals surface area contributed by atoms with Gasteiger partial charge in [0, 0.05) is 0 Å². The summed E-state index contributed by atoms with van der Waals surface area (Å²) in [5.41, 5.74) is 1.79. The highest BCUT2D eigenvalue weighted by atomic mass is 32.1. The first kappa shape index (κ1) is 27.6. The number of benzene rings is 2. The van der Waals surface area contributed by atoms with E-state index < -0.39 is 18.0 Å². The van der Waals surface area contributed by atoms with Crippen LogP contribution in [0.4, 0.5) is 0 Å². The number of aromatic nitrogens is 1. The smallest absolute Gasteiger partial charge is 0.338 e. The van der Waals surface area contributed by atoms with Gasteiger partial charge in [-0.3, -0.25) is 9.36 Å². The van der Waals surface area contributed by atoms with Gasteiger partial charge in [0.1, 0.15) is 6.61 Å². The number of allylic oxidation sites excluding steroid dienone is 1. The monoisotopic (exact) mass is 548 g/mol. The highest BCUT2D eigenvalue weighted by Gasteiger charge is 2.34. The van der Waals surface area contributed by atoms with Crippen LogP contribution in [0.25, 0.3) is 6.08 Å². The predicted octanol–water partition coefficient (Wildman–Crippen LogP) is 3.46. The third-order valence-electron chi connectivity index (χ3n) is 5.91. The average Bonchev–Trinajstić information content (AvgIpc) is 3.21. The third kappa shape index (κ3) is 5.70. The van der Waals surface area contributed by atoms with E-state index in [0.717, 1.165) is 0 Å². The van der Waals surface area contributed by atoms with Gasteiger partial charge < -0.3 is 19.3 Å². The Hall–Kier alpha value is -4.44. The number of fused-ring (bicyclic) bond motifs is 1. The number of hydrogen-bond acceptors (Lipinski definition) is 8. The number of esters is 1. The number of carboxylic acid groups (broad SMARTS) is 1. The lowest BCUT2D eigenvalue weighted by molar-refractivity contribution is -0.139. The van der Waals surface area contributed by atoms with Crippen molar-refractivity contribution in [2.24, 2.45) is 4.99 Å². The van der Waals surface area contributed by atoms with Crippen LogP contribution in [0.1, 0.15) is 48.3 Å². The molecule has 0 radical (unpaired) electrons. The molecule has 1 aliphatic heterocycles. The van der Waals surface area contributed by atoms with E-state index in [9.17, 15) is 14.4 Å². The Morgan fingerprint density at radius 2 is 1.85 bits per heavy atom. The second-order valence-electron chi connectivity index (χ2n) is 8.47. The first-order valence-electron chi connectivity index (χ1n) is 12.3. The van der Waals surface area contributed by atoms with Crippen LogP contribution in [0.3, 0.4) is 0 Å². The molecule has 2 aromatic carbocycles. The summed E-state index contributed by atoms with van der Waals surface area (Å²) in [4.78, 5) is 43.1. The molecule has 0 spiro atoms. The summed E-state index contributed by atoms with van der Waals surface area (Å²) < 4.78 is 18.8. The van der Waals surface area contributed by atoms with Crippen LogP contribution in [0, 0.1) is 0 Å². The van der Waals surface area contributed by atoms with E-state index in [0.29, 0.717) is 44.3 Å². The Bertz CT molecular complexity index is 1630. The molecule has 0 amide bonds. The largest absolute Gasteiger partial charge is 0.490 e. The zero-order chi connectivity index (χ0) is 28.1. The van der Waals surface area contributed by atoms with Gasteiger partial charge in [-0.25, -0.2) is 14.6 Å². The summed E-state index contributed by atoms with van der Waals surface area (Å²) >= 11 is 1.18. The van der Waals surface area contributed by atoms with E-state index in [1.165, 1.54) is 28.0 Å². The van der Waals surface area contributed by atoms with E-state index in [4.69, 9.17) is 19.3 Å². The minimum atomic E-state index is -1.03. The number of hydrogen-bond donors (Lipinski definition) is 1. The van der Waals surface area contributed by atoms with Crippen LogP contribution in [0.2, 0.25) is 0 Å². The number of thiazole rings is 1. The van der Waals surface area contributed by atoms with Crippen LogP contribution in [-0.4, -0.2) is 41.4 Å². The molecular formula is C29H28N2O7S. The van der Waals surface area contributed by atoms with E-state index >= 15 is 0 Å². The minimum Gasteiger partial charge on any atom is -0.490 e. The van der Waals surface area contributed by atoms with Crippen LogP contribution in [0.15, 0.2) is 76.2 Å². The molecule has 10 heteroatoms. The van der Waals surface area contributed by atoms with Crippen LogP contribution < -0.4 is 24.4 Å². The van der Waals surface area contributed by atoms with E-state index in [-0.39, 0.29) is 29.9 Å². The summed E-state index contributed by atoms with van der Waals surface area (Å²) in [7, 11) is 0. The van der Waals surface area contributed by atoms with E-state index in [1.807, 2.05) is 6.92 Å². The molecular weight excluding hydrogens is 520 g/mol. The number of rotatable bonds is 10. The average molecular weight is 549 g/mol. The SMILES string of the molecule is C=CCOc1ccc([C@@H]2C(C(=O)OCC)=C(C)N=c3s/c(=C/c4ccc(C(=O)O)cc4)c(=O)n32)cc1OCC. The molecule has 9 nitrogen and oxygen atoms in total. The first-order chi connectivity index (χ1) is 18.8. The maximum atomic E-state index is 13.8. The second kappa shape index (κ2) is 12.0. The van der Waals surface area contributed by atoms with Crippen molar-refractivity contribution in [3.63, 3.8) is 0 Å². The molecule has 0 saturated heterocycles. The molecule has 0 bridgehead atoms. The maximum Gasteiger partial charge on any atom is 0.338 e. The highest BCUT2D eigenvalue weighted by Crippen LogP contribution is 2.36. The Morgan fingerprint density at radius 3 is 2.49 bits per heavy atom. The van der Waals surface area contributed by atoms with Gasteiger partial charge in [0.15, 0.2) is 16.3 Å². The summed E-state index contributed by atoms with van der Waals surface area (Å²) in [6.07, 6.45) is 3.30. The number of carboxylic acids is 1. The number of carbonyl (C=O) groups is 2. The maximum absolute atomic E-state index is 13.8. The summed E-state index contributed by atoms with van der Waals surface area (Å²) in [6, 6.07) is 10.7. The first-order valence-corrected chi connectivity index (χ1v) is 13.1. The molecule has 1 atom stereocenters. The zero-order valence-corrected chi connectivity index (χ0v) is 22.6. The quantitative estimate of drug-likeness (QED) is 0.305. The molecule has 0 saturated carbocycles. The Balaban J connectivity index is 1.91. The molecule has 2 heterocycles. The second-order valence-corrected chi connectivity index (χ2v) is 9.48. The zero-order valence-electron chi connectivity index (χ0n) is 21.8. The van der Waals surface area contributed by atoms with Crippen molar-refractivity contribution in [2.45, 2.75) is 26.8 Å². The van der Waals surface area contributed by atoms with Gasteiger partial charge in [0.2, 0.25) is 0 Å². The lowest BCUT2D eigenvalue weighted by Crippen LogP contribution is -2.40. The van der Waals surface area contributed by atoms with Crippen molar-refractivity contribution >= 4 is 29.4 Å². The third-order valence-corrected chi connectivity index (χ3v) is 6.90. The predicted molar refractivity (Wildman–Crippen MR) is 147 cm³/mol. The van der Waals surface area contributed by atoms with Crippen LogP contribution >= 0.6 is 11.3 Å². The van der Waals surface area contributed by atoms with Crippen molar-refractivity contribution in [1.82, 2.24) is 4.57 Å². The Morgan fingerprint density at radius 1 is 1.10 bits per heavy atom. The van der Waals surface area contributed by atoms with E-state index in [2.05, 4.69) is 11.6 Å². The minimum absolute atomic E-state index is 0.147. The number of nitrogens with zero attached hydrogens (tertiary/aromatic N) is 2. The molecule has 0 unspecified atom stereocenters. The molecule has 4 rings (SSSR count). The fourth-order valence-corrected chi connectivity index (χ4v) is 5.26. The molecule has 0 fully saturated rings. The van der Waals surface area contributed by atoms with Gasteiger partial charge in [0.05, 0.1) is 40.6 Å². The van der Waals surface area contributed by atoms with Gasteiger partial charge in [-0.1, -0.05) is 42.2 Å². The molecule has 1 aliphatic rings. The summed E-state index contributed by atoms with van der Waals surface area (Å²) in [6.45, 7) is 9.79. The molecule has 1 aromatic heterocycles. The number of carbonyl (C=O) groups excluding carboxylic acids is 1. The van der Waals surface area contributed by atoms with Crippen molar-refractivity contribution in [1.29, 1.82) is 0 Å². The van der Waals surface area contributed by atoms with Crippen LogP contribution in [0.5, 0.6) is 11.5 Å². The topological polar surface area (TPSA) is 116 Å². The van der Waals surface area contributed by atoms with Gasteiger partial charge >= 0.3 is 11.9 Å². The molecule has 1 N–H and O–H groups in total. The molecule has 0 aliphatic carbocycles. The fraction of sp³-hybridized carbons (Fsp3) is 0.241. The molecule has 3 aromatic rings. The van der Waals surface area contributed by atoms with Crippen molar-refractivity contribution in [2.75, 3.05) is 19.8 Å². The lowest BCUT2D eigenvalue weighted by Gasteiger charge is -2.25. The highest BCUT2D eigenvalue weighted by molar-refractivity contribution is 7.07. The van der Waals surface area contributed by atoms with E-state index in [1.54, 1.807) is 56.3 Å². The normalized spacial score (nSPS) is 14.8. The molecule has 39 heavy (non-hydrogen) atoms. The number of ether oxygens (including phenoxy) is 3. The van der Waals surface area contributed by atoms with Crippen LogP contribution in [-0.2, 0) is 9.53 Å². The van der Waals surface area contributed by atoms with Crippen molar-refractivity contribution in [3.8, 4) is 11.5 Å².